The topological polar surface area (TPSA) is 181 Å². The Balaban J connectivity index is 1.99. The fraction of sp³-hybridized carbons (Fsp3) is 0.273. The van der Waals surface area contributed by atoms with Gasteiger partial charge in [-0.15, -0.1) is 0 Å². The number of nitrogens with one attached hydrogen (secondary N) is 2. The van der Waals surface area contributed by atoms with Crippen LogP contribution in [0.2, 0.25) is 0 Å². The molecule has 0 aliphatic carbocycles. The third-order valence-corrected chi connectivity index (χ3v) is 5.16. The first-order valence-electron chi connectivity index (χ1n) is 10.1. The van der Waals surface area contributed by atoms with Gasteiger partial charge in [-0.1, -0.05) is 12.2 Å². The predicted molar refractivity (Wildman–Crippen MR) is 135 cm³/mol. The number of carbonyl (C=O) groups is 2. The number of nitrogens with two attached hydrogens (primary N) is 4. The van der Waals surface area contributed by atoms with Gasteiger partial charge in [0.25, 0.3) is 0 Å². The van der Waals surface area contributed by atoms with Crippen LogP contribution in [-0.2, 0) is 4.74 Å². The Morgan fingerprint density at radius 3 is 2.00 bits per heavy atom. The fourth-order valence-electron chi connectivity index (χ4n) is 2.91. The number of halogens is 1. The van der Waals surface area contributed by atoms with Gasteiger partial charge in [0.1, 0.15) is 11.4 Å². The number of primary amides is 2. The Hall–Kier alpha value is -3.44. The van der Waals surface area contributed by atoms with Gasteiger partial charge in [-0.2, -0.15) is 0 Å². The lowest BCUT2D eigenvalue weighted by atomic mass is 10.1. The minimum Gasteiger partial charge on any atom is -0.491 e. The van der Waals surface area contributed by atoms with Gasteiger partial charge in [0, 0.05) is 48.8 Å². The highest BCUT2D eigenvalue weighted by molar-refractivity contribution is 9.10. The maximum absolute atomic E-state index is 11.6. The molecule has 0 aliphatic rings. The first-order valence-corrected chi connectivity index (χ1v) is 10.9. The van der Waals surface area contributed by atoms with Crippen molar-refractivity contribution in [2.24, 2.45) is 11.5 Å². The summed E-state index contributed by atoms with van der Waals surface area (Å²) in [7, 11) is 1.61. The summed E-state index contributed by atoms with van der Waals surface area (Å²) in [6.45, 7) is 1.88. The smallest absolute Gasteiger partial charge is 0.248 e. The van der Waals surface area contributed by atoms with E-state index in [2.05, 4.69) is 26.6 Å². The molecule has 0 radical (unpaired) electrons. The Kier molecular flexibility index (Phi) is 9.83. The molecule has 0 unspecified atom stereocenters. The van der Waals surface area contributed by atoms with Crippen molar-refractivity contribution in [3.63, 3.8) is 0 Å². The predicted octanol–water partition coefficient (Wildman–Crippen LogP) is 2.31. The van der Waals surface area contributed by atoms with Crippen LogP contribution in [0.15, 0.2) is 40.9 Å². The third-order valence-electron chi connectivity index (χ3n) is 4.53. The molecule has 2 aromatic carbocycles. The summed E-state index contributed by atoms with van der Waals surface area (Å²) >= 11 is 3.39. The normalized spacial score (nSPS) is 10.8. The molecule has 0 saturated carbocycles. The Morgan fingerprint density at radius 1 is 0.909 bits per heavy atom. The molecule has 33 heavy (non-hydrogen) atoms. The Bertz CT molecular complexity index is 1010. The molecule has 0 saturated heterocycles. The molecule has 2 rings (SSSR count). The quantitative estimate of drug-likeness (QED) is 0.132. The van der Waals surface area contributed by atoms with Crippen molar-refractivity contribution in [2.75, 3.05) is 55.5 Å². The molecule has 10 nitrogen and oxygen atoms in total. The zero-order valence-electron chi connectivity index (χ0n) is 18.3. The maximum atomic E-state index is 11.6. The molecule has 0 aromatic heterocycles. The van der Waals surface area contributed by atoms with E-state index in [9.17, 15) is 9.59 Å². The number of methoxy groups -OCH3 is 1. The Morgan fingerprint density at radius 2 is 1.45 bits per heavy atom. The van der Waals surface area contributed by atoms with Crippen LogP contribution in [0.4, 0.5) is 22.7 Å². The van der Waals surface area contributed by atoms with E-state index in [-0.39, 0.29) is 5.56 Å². The van der Waals surface area contributed by atoms with Crippen molar-refractivity contribution >= 4 is 50.5 Å². The number of ether oxygens (including phenoxy) is 2. The van der Waals surface area contributed by atoms with Crippen LogP contribution in [-0.4, -0.2) is 45.2 Å². The SMILES string of the molecule is COCCCOc1cc(C(N)=O)cc(N)c1NC/C=C/CNc1c(N)cc(C(N)=O)cc1Br. The van der Waals surface area contributed by atoms with Gasteiger partial charge in [-0.25, -0.2) is 0 Å². The van der Waals surface area contributed by atoms with Gasteiger partial charge in [-0.3, -0.25) is 9.59 Å². The zero-order valence-corrected chi connectivity index (χ0v) is 19.9. The molecule has 11 heteroatoms. The molecule has 0 heterocycles. The van der Waals surface area contributed by atoms with E-state index in [4.69, 9.17) is 32.4 Å². The zero-order chi connectivity index (χ0) is 24.4. The van der Waals surface area contributed by atoms with Crippen molar-refractivity contribution in [3.8, 4) is 5.75 Å². The molecule has 2 aromatic rings. The minimum absolute atomic E-state index is 0.269. The highest BCUT2D eigenvalue weighted by Crippen LogP contribution is 2.33. The summed E-state index contributed by atoms with van der Waals surface area (Å²) in [6.07, 6.45) is 4.47. The lowest BCUT2D eigenvalue weighted by Crippen LogP contribution is -2.14. The van der Waals surface area contributed by atoms with E-state index in [0.717, 1.165) is 0 Å². The summed E-state index contributed by atoms with van der Waals surface area (Å²) in [6, 6.07) is 6.20. The van der Waals surface area contributed by atoms with E-state index in [1.807, 2.05) is 12.2 Å². The molecular weight excluding hydrogens is 492 g/mol. The number of hydrogen-bond donors (Lipinski definition) is 6. The maximum Gasteiger partial charge on any atom is 0.248 e. The van der Waals surface area contributed by atoms with Crippen LogP contribution < -0.4 is 38.3 Å². The van der Waals surface area contributed by atoms with Crippen molar-refractivity contribution in [1.29, 1.82) is 0 Å². The molecule has 2 amide bonds. The van der Waals surface area contributed by atoms with Gasteiger partial charge >= 0.3 is 0 Å². The van der Waals surface area contributed by atoms with Crippen molar-refractivity contribution in [3.05, 3.63) is 52.0 Å². The van der Waals surface area contributed by atoms with E-state index in [1.165, 1.54) is 12.1 Å². The highest BCUT2D eigenvalue weighted by atomic mass is 79.9. The standard InChI is InChI=1S/C22H29BrN6O4/c1-32-7-4-8-33-18-12-14(22(27)31)11-17(25)20(18)29-6-3-2-5-28-19-15(23)9-13(21(26)30)10-16(19)24/h2-3,9-12,28-29H,4-8,24-25H2,1H3,(H2,26,30)(H2,27,31)/b3-2+. The second-order valence-electron chi connectivity index (χ2n) is 7.02. The van der Waals surface area contributed by atoms with Gasteiger partial charge in [0.15, 0.2) is 0 Å². The minimum atomic E-state index is -0.588. The second kappa shape index (κ2) is 12.6. The van der Waals surface area contributed by atoms with Crippen LogP contribution in [0.3, 0.4) is 0 Å². The number of carbonyl (C=O) groups excluding carboxylic acids is 2. The molecule has 0 bridgehead atoms. The number of benzene rings is 2. The summed E-state index contributed by atoms with van der Waals surface area (Å²) in [4.78, 5) is 22.9. The largest absolute Gasteiger partial charge is 0.491 e. The monoisotopic (exact) mass is 520 g/mol. The fourth-order valence-corrected chi connectivity index (χ4v) is 3.53. The van der Waals surface area contributed by atoms with E-state index in [0.29, 0.717) is 71.3 Å². The molecule has 178 valence electrons. The van der Waals surface area contributed by atoms with E-state index >= 15 is 0 Å². The van der Waals surface area contributed by atoms with Gasteiger partial charge in [0.05, 0.1) is 23.7 Å². The lowest BCUT2D eigenvalue weighted by molar-refractivity contribution is 0.0991. The average molecular weight is 521 g/mol. The van der Waals surface area contributed by atoms with Crippen molar-refractivity contribution in [2.45, 2.75) is 6.42 Å². The number of hydrogen-bond acceptors (Lipinski definition) is 8. The van der Waals surface area contributed by atoms with Crippen LogP contribution in [0, 0.1) is 0 Å². The first-order chi connectivity index (χ1) is 15.7. The molecule has 0 spiro atoms. The number of rotatable bonds is 13. The summed E-state index contributed by atoms with van der Waals surface area (Å²) < 4.78 is 11.4. The van der Waals surface area contributed by atoms with Crippen molar-refractivity contribution in [1.82, 2.24) is 0 Å². The van der Waals surface area contributed by atoms with Crippen LogP contribution >= 0.6 is 15.9 Å². The van der Waals surface area contributed by atoms with Crippen LogP contribution in [0.25, 0.3) is 0 Å². The van der Waals surface area contributed by atoms with E-state index in [1.54, 1.807) is 19.2 Å². The first kappa shape index (κ1) is 25.8. The van der Waals surface area contributed by atoms with Crippen molar-refractivity contribution < 1.29 is 19.1 Å². The summed E-state index contributed by atoms with van der Waals surface area (Å²) in [5.74, 6) is -0.696. The second-order valence-corrected chi connectivity index (χ2v) is 7.87. The van der Waals surface area contributed by atoms with E-state index < -0.39 is 11.8 Å². The summed E-state index contributed by atoms with van der Waals surface area (Å²) in [5, 5.41) is 6.37. The number of amides is 2. The lowest BCUT2D eigenvalue weighted by Gasteiger charge is -2.16. The van der Waals surface area contributed by atoms with Gasteiger partial charge < -0.3 is 43.0 Å². The highest BCUT2D eigenvalue weighted by Gasteiger charge is 2.13. The Labute approximate surface area is 200 Å². The molecule has 0 fully saturated rings. The molecule has 0 aliphatic heterocycles. The number of anilines is 4. The number of nitrogen functional groups attached to an aromatic ring is 2. The third kappa shape index (κ3) is 7.58. The van der Waals surface area contributed by atoms with Crippen LogP contribution in [0.1, 0.15) is 27.1 Å². The van der Waals surface area contributed by atoms with Gasteiger partial charge in [-0.05, 0) is 40.2 Å². The molecular formula is C22H29BrN6O4. The average Bonchev–Trinajstić information content (AvgIpc) is 2.75. The molecule has 0 atom stereocenters. The van der Waals surface area contributed by atoms with Crippen LogP contribution in [0.5, 0.6) is 5.75 Å². The summed E-state index contributed by atoms with van der Waals surface area (Å²) in [5.41, 5.74) is 25.4. The molecule has 10 N–H and O–H groups in total. The van der Waals surface area contributed by atoms with Gasteiger partial charge in [0.2, 0.25) is 11.8 Å².